The van der Waals surface area contributed by atoms with Crippen LogP contribution >= 0.6 is 11.3 Å². The van der Waals surface area contributed by atoms with Gasteiger partial charge in [0.1, 0.15) is 0 Å². The molecule has 2 N–H and O–H groups in total. The van der Waals surface area contributed by atoms with Gasteiger partial charge >= 0.3 is 0 Å². The maximum absolute atomic E-state index is 12.8. The van der Waals surface area contributed by atoms with E-state index in [4.69, 9.17) is 0 Å². The summed E-state index contributed by atoms with van der Waals surface area (Å²) in [7, 11) is -3.54. The highest BCUT2D eigenvalue weighted by Crippen LogP contribution is 2.26. The van der Waals surface area contributed by atoms with E-state index in [-0.39, 0.29) is 22.8 Å². The minimum atomic E-state index is -3.54. The van der Waals surface area contributed by atoms with Crippen LogP contribution in [0.1, 0.15) is 25.3 Å². The topological polar surface area (TPSA) is 91.4 Å². The molecule has 170 valence electrons. The fourth-order valence-electron chi connectivity index (χ4n) is 3.95. The molecule has 7 nitrogen and oxygen atoms in total. The number of anilines is 1. The number of para-hydroxylation sites is 1. The fraction of sp³-hybridized carbons (Fsp3) is 0.391. The highest BCUT2D eigenvalue weighted by atomic mass is 32.2. The molecule has 1 aromatic heterocycles. The van der Waals surface area contributed by atoms with Crippen LogP contribution in [0.15, 0.2) is 53.4 Å². The first-order valence-electron chi connectivity index (χ1n) is 10.8. The summed E-state index contributed by atoms with van der Waals surface area (Å²) in [5.41, 5.74) is 1.89. The molecule has 32 heavy (non-hydrogen) atoms. The number of piperidine rings is 1. The second-order valence-corrected chi connectivity index (χ2v) is 11.1. The van der Waals surface area contributed by atoms with Gasteiger partial charge in [0.25, 0.3) is 0 Å². The number of hydrogen-bond acceptors (Lipinski definition) is 6. The van der Waals surface area contributed by atoms with E-state index in [9.17, 15) is 13.2 Å². The van der Waals surface area contributed by atoms with Crippen LogP contribution in [0.25, 0.3) is 10.2 Å². The molecule has 0 saturated carbocycles. The maximum Gasteiger partial charge on any atom is 0.243 e. The molecule has 2 unspecified atom stereocenters. The number of sulfonamides is 1. The van der Waals surface area contributed by atoms with Crippen molar-refractivity contribution in [1.29, 1.82) is 0 Å². The molecule has 0 aliphatic carbocycles. The zero-order valence-corrected chi connectivity index (χ0v) is 19.9. The number of thiazole rings is 1. The van der Waals surface area contributed by atoms with Gasteiger partial charge < -0.3 is 5.32 Å². The summed E-state index contributed by atoms with van der Waals surface area (Å²) >= 11 is 1.46. The second kappa shape index (κ2) is 9.66. The number of fused-ring (bicyclic) bond motifs is 1. The van der Waals surface area contributed by atoms with Crippen LogP contribution < -0.4 is 10.0 Å². The lowest BCUT2D eigenvalue weighted by Gasteiger charge is -2.36. The molecule has 9 heteroatoms. The van der Waals surface area contributed by atoms with E-state index in [0.29, 0.717) is 18.2 Å². The Bertz CT molecular complexity index is 1160. The Morgan fingerprint density at radius 2 is 1.97 bits per heavy atom. The van der Waals surface area contributed by atoms with Crippen LogP contribution in [0.5, 0.6) is 0 Å². The molecule has 1 fully saturated rings. The number of benzene rings is 2. The zero-order valence-electron chi connectivity index (χ0n) is 18.2. The summed E-state index contributed by atoms with van der Waals surface area (Å²) in [6.07, 6.45) is 1.86. The van der Waals surface area contributed by atoms with Crippen molar-refractivity contribution in [3.05, 3.63) is 54.1 Å². The summed E-state index contributed by atoms with van der Waals surface area (Å²) < 4.78 is 29.0. The summed E-state index contributed by atoms with van der Waals surface area (Å²) in [6.45, 7) is 5.66. The van der Waals surface area contributed by atoms with Gasteiger partial charge in [-0.3, -0.25) is 9.69 Å². The third-order valence-corrected chi connectivity index (χ3v) is 8.29. The zero-order chi connectivity index (χ0) is 22.7. The van der Waals surface area contributed by atoms with Gasteiger partial charge in [-0.1, -0.05) is 41.2 Å². The average molecular weight is 473 g/mol. The molecule has 0 radical (unpaired) electrons. The molecular formula is C23H28N4O3S2. The van der Waals surface area contributed by atoms with Gasteiger partial charge in [-0.2, -0.15) is 0 Å². The van der Waals surface area contributed by atoms with E-state index in [1.807, 2.05) is 38.1 Å². The van der Waals surface area contributed by atoms with E-state index in [1.165, 1.54) is 11.3 Å². The molecule has 1 saturated heterocycles. The number of rotatable bonds is 7. The fourth-order valence-corrected chi connectivity index (χ4v) is 5.93. The number of carbonyl (C=O) groups is 1. The molecule has 2 atom stereocenters. The van der Waals surface area contributed by atoms with Gasteiger partial charge in [-0.05, 0) is 63.4 Å². The molecule has 0 spiro atoms. The normalized spacial score (nSPS) is 18.5. The first kappa shape index (κ1) is 22.8. The molecule has 0 bridgehead atoms. The first-order valence-corrected chi connectivity index (χ1v) is 13.1. The van der Waals surface area contributed by atoms with E-state index in [2.05, 4.69) is 19.9 Å². The van der Waals surface area contributed by atoms with Crippen molar-refractivity contribution >= 4 is 42.6 Å². The van der Waals surface area contributed by atoms with Crippen molar-refractivity contribution in [2.45, 2.75) is 37.6 Å². The van der Waals surface area contributed by atoms with Crippen molar-refractivity contribution in [2.75, 3.05) is 25.0 Å². The van der Waals surface area contributed by atoms with Gasteiger partial charge in [-0.25, -0.2) is 18.1 Å². The van der Waals surface area contributed by atoms with Gasteiger partial charge in [-0.15, -0.1) is 0 Å². The number of nitrogens with zero attached hydrogens (tertiary/aromatic N) is 2. The Hall–Kier alpha value is -2.33. The number of hydrogen-bond donors (Lipinski definition) is 2. The second-order valence-electron chi connectivity index (χ2n) is 8.32. The lowest BCUT2D eigenvalue weighted by Crippen LogP contribution is -2.48. The van der Waals surface area contributed by atoms with Gasteiger partial charge in [0, 0.05) is 13.1 Å². The number of likely N-dealkylation sites (tertiary alicyclic amines) is 1. The summed E-state index contributed by atoms with van der Waals surface area (Å²) in [4.78, 5) is 19.7. The number of nitrogens with one attached hydrogen (secondary N) is 2. The minimum absolute atomic E-state index is 0.0926. The van der Waals surface area contributed by atoms with Gasteiger partial charge in [0.15, 0.2) is 5.13 Å². The molecule has 2 heterocycles. The monoisotopic (exact) mass is 472 g/mol. The third-order valence-electron chi connectivity index (χ3n) is 5.89. The minimum Gasteiger partial charge on any atom is -0.301 e. The molecule has 1 aliphatic heterocycles. The van der Waals surface area contributed by atoms with Crippen molar-refractivity contribution in [3.63, 3.8) is 0 Å². The largest absolute Gasteiger partial charge is 0.301 e. The summed E-state index contributed by atoms with van der Waals surface area (Å²) in [6, 6.07) is 14.3. The summed E-state index contributed by atoms with van der Waals surface area (Å²) in [5.74, 6) is 0.0617. The van der Waals surface area contributed by atoms with Crippen molar-refractivity contribution in [1.82, 2.24) is 14.6 Å². The predicted molar refractivity (Wildman–Crippen MR) is 128 cm³/mol. The van der Waals surface area contributed by atoms with Crippen molar-refractivity contribution in [3.8, 4) is 0 Å². The van der Waals surface area contributed by atoms with E-state index < -0.39 is 10.0 Å². The van der Waals surface area contributed by atoms with Crippen molar-refractivity contribution in [2.24, 2.45) is 5.92 Å². The van der Waals surface area contributed by atoms with Crippen LogP contribution in [0.3, 0.4) is 0 Å². The van der Waals surface area contributed by atoms with Crippen LogP contribution in [0.2, 0.25) is 0 Å². The van der Waals surface area contributed by atoms with Crippen LogP contribution in [0, 0.1) is 12.8 Å². The predicted octanol–water partition coefficient (Wildman–Crippen LogP) is 3.62. The third kappa shape index (κ3) is 5.35. The number of amides is 1. The Kier molecular flexibility index (Phi) is 6.90. The van der Waals surface area contributed by atoms with Crippen LogP contribution in [0.4, 0.5) is 5.13 Å². The lowest BCUT2D eigenvalue weighted by atomic mass is 9.97. The van der Waals surface area contributed by atoms with Crippen LogP contribution in [-0.4, -0.2) is 49.9 Å². The summed E-state index contributed by atoms with van der Waals surface area (Å²) in [5, 5.41) is 3.54. The maximum atomic E-state index is 12.8. The molecule has 4 rings (SSSR count). The Morgan fingerprint density at radius 1 is 1.22 bits per heavy atom. The number of carbonyl (C=O) groups excluding carboxylic acids is 1. The van der Waals surface area contributed by atoms with Crippen molar-refractivity contribution < 1.29 is 13.2 Å². The van der Waals surface area contributed by atoms with Gasteiger partial charge in [0.05, 0.1) is 21.2 Å². The van der Waals surface area contributed by atoms with Crippen LogP contribution in [-0.2, 0) is 14.8 Å². The SMILES string of the molecule is Cc1ccc(S(=O)(=O)NCC2CCCN(C(C)C(=O)Nc3nc4ccccc4s3)C2)cc1. The Morgan fingerprint density at radius 3 is 2.72 bits per heavy atom. The molecule has 1 amide bonds. The average Bonchev–Trinajstić information content (AvgIpc) is 3.20. The Labute approximate surface area is 192 Å². The number of aromatic nitrogens is 1. The molecule has 3 aromatic rings. The standard InChI is InChI=1S/C23H28N4O3S2/c1-16-9-11-19(12-10-16)32(29,30)24-14-18-6-5-13-27(15-18)17(2)22(28)26-23-25-20-7-3-4-8-21(20)31-23/h3-4,7-12,17-18,24H,5-6,13-15H2,1-2H3,(H,25,26,28). The lowest BCUT2D eigenvalue weighted by molar-refractivity contribution is -0.121. The highest BCUT2D eigenvalue weighted by molar-refractivity contribution is 7.89. The van der Waals surface area contributed by atoms with Gasteiger partial charge in [0.2, 0.25) is 15.9 Å². The highest BCUT2D eigenvalue weighted by Gasteiger charge is 2.28. The Balaban J connectivity index is 1.33. The molecule has 2 aromatic carbocycles. The van der Waals surface area contributed by atoms with E-state index >= 15 is 0 Å². The smallest absolute Gasteiger partial charge is 0.243 e. The van der Waals surface area contributed by atoms with E-state index in [1.54, 1.807) is 24.3 Å². The molecule has 1 aliphatic rings. The quantitative estimate of drug-likeness (QED) is 0.548. The molecular weight excluding hydrogens is 444 g/mol. The van der Waals surface area contributed by atoms with E-state index in [0.717, 1.165) is 35.2 Å². The number of aryl methyl sites for hydroxylation is 1. The first-order chi connectivity index (χ1) is 15.3.